The van der Waals surface area contributed by atoms with Gasteiger partial charge in [-0.05, 0) is 26.0 Å². The molecule has 2 N–H and O–H groups in total. The molecule has 0 spiro atoms. The molecule has 0 aromatic rings. The van der Waals surface area contributed by atoms with Crippen LogP contribution in [-0.4, -0.2) is 41.8 Å². The smallest absolute Gasteiger partial charge is 0.303 e. The van der Waals surface area contributed by atoms with Gasteiger partial charge in [0.25, 0.3) is 0 Å². The zero-order valence-corrected chi connectivity index (χ0v) is 11.2. The van der Waals surface area contributed by atoms with E-state index in [0.29, 0.717) is 13.2 Å². The van der Waals surface area contributed by atoms with E-state index in [4.69, 9.17) is 9.84 Å². The van der Waals surface area contributed by atoms with Gasteiger partial charge in [0.2, 0.25) is 5.91 Å². The van der Waals surface area contributed by atoms with Gasteiger partial charge in [-0.25, -0.2) is 0 Å². The Hall–Kier alpha value is -0.750. The molecule has 0 aliphatic carbocycles. The molecule has 0 heterocycles. The summed E-state index contributed by atoms with van der Waals surface area (Å²) in [5.74, 6) is -1.15. The Morgan fingerprint density at radius 3 is 2.65 bits per heavy atom. The van der Waals surface area contributed by atoms with E-state index >= 15 is 0 Å². The predicted octanol–water partition coefficient (Wildman–Crippen LogP) is 1.47. The molecule has 0 aliphatic heterocycles. The summed E-state index contributed by atoms with van der Waals surface area (Å²) in [6.45, 7) is 3.26. The Kier molecular flexibility index (Phi) is 9.95. The first-order valence-corrected chi connectivity index (χ1v) is 6.98. The highest BCUT2D eigenvalue weighted by atomic mass is 32.2. The highest BCUT2D eigenvalue weighted by Gasteiger charge is 2.04. The molecule has 0 aliphatic rings. The van der Waals surface area contributed by atoms with Gasteiger partial charge in [0.05, 0.1) is 11.9 Å². The number of carboxylic acid groups (broad SMARTS) is 1. The van der Waals surface area contributed by atoms with Crippen LogP contribution in [0.5, 0.6) is 0 Å². The molecule has 1 atom stereocenters. The van der Waals surface area contributed by atoms with Gasteiger partial charge in [-0.2, -0.15) is 0 Å². The van der Waals surface area contributed by atoms with E-state index in [1.165, 1.54) is 0 Å². The van der Waals surface area contributed by atoms with Crippen LogP contribution in [0.15, 0.2) is 0 Å². The summed E-state index contributed by atoms with van der Waals surface area (Å²) in [7, 11) is 0. The Balaban J connectivity index is 3.27. The molecule has 1 unspecified atom stereocenters. The molecule has 1 amide bonds. The van der Waals surface area contributed by atoms with Gasteiger partial charge >= 0.3 is 5.97 Å². The van der Waals surface area contributed by atoms with Crippen LogP contribution in [-0.2, 0) is 14.3 Å². The Morgan fingerprint density at radius 1 is 1.35 bits per heavy atom. The molecule has 0 saturated heterocycles. The second-order valence-electron chi connectivity index (χ2n) is 3.62. The lowest BCUT2D eigenvalue weighted by Gasteiger charge is -2.09. The van der Waals surface area contributed by atoms with Crippen LogP contribution in [0.2, 0.25) is 0 Å². The molecule has 17 heavy (non-hydrogen) atoms. The molecular weight excluding hydrogens is 242 g/mol. The van der Waals surface area contributed by atoms with Crippen molar-refractivity contribution in [3.8, 4) is 0 Å². The fraction of sp³-hybridized carbons (Fsp3) is 0.818. The fourth-order valence-corrected chi connectivity index (χ4v) is 1.31. The second-order valence-corrected chi connectivity index (χ2v) is 4.76. The Labute approximate surface area is 106 Å². The number of aliphatic carboxylic acids is 1. The van der Waals surface area contributed by atoms with Crippen LogP contribution < -0.4 is 5.32 Å². The monoisotopic (exact) mass is 263 g/mol. The maximum Gasteiger partial charge on any atom is 0.303 e. The van der Waals surface area contributed by atoms with Gasteiger partial charge in [0, 0.05) is 19.6 Å². The van der Waals surface area contributed by atoms with Gasteiger partial charge in [0.1, 0.15) is 0 Å². The van der Waals surface area contributed by atoms with E-state index < -0.39 is 5.97 Å². The molecule has 5 nitrogen and oxygen atoms in total. The average molecular weight is 263 g/mol. The van der Waals surface area contributed by atoms with E-state index in [1.807, 2.05) is 13.2 Å². The predicted molar refractivity (Wildman–Crippen MR) is 68.0 cm³/mol. The molecule has 0 rings (SSSR count). The van der Waals surface area contributed by atoms with E-state index in [1.54, 1.807) is 11.8 Å². The van der Waals surface area contributed by atoms with Gasteiger partial charge in [0.15, 0.2) is 0 Å². The summed E-state index contributed by atoms with van der Waals surface area (Å²) in [5, 5.41) is 11.1. The number of ether oxygens (including phenoxy) is 1. The normalized spacial score (nSPS) is 12.1. The third-order valence-electron chi connectivity index (χ3n) is 2.14. The molecule has 0 aromatic carbocycles. The van der Waals surface area contributed by atoms with Gasteiger partial charge in [-0.3, -0.25) is 9.59 Å². The number of hydrogen-bond acceptors (Lipinski definition) is 4. The fourth-order valence-electron chi connectivity index (χ4n) is 1.08. The summed E-state index contributed by atoms with van der Waals surface area (Å²) in [6.07, 6.45) is 3.67. The molecule has 0 aromatic heterocycles. The van der Waals surface area contributed by atoms with E-state index in [9.17, 15) is 9.59 Å². The zero-order valence-electron chi connectivity index (χ0n) is 10.4. The zero-order chi connectivity index (χ0) is 13.1. The number of nitrogens with one attached hydrogen (secondary N) is 1. The third kappa shape index (κ3) is 11.5. The number of carbonyl (C=O) groups is 2. The molecular formula is C11H21NO4S. The number of hydrogen-bond donors (Lipinski definition) is 2. The molecule has 0 fully saturated rings. The van der Waals surface area contributed by atoms with E-state index in [0.717, 1.165) is 12.8 Å². The van der Waals surface area contributed by atoms with Crippen LogP contribution in [0, 0.1) is 0 Å². The highest BCUT2D eigenvalue weighted by molar-refractivity contribution is 7.99. The standard InChI is InChI=1S/C11H21NO4S/c1-9(17-2)16-8-4-3-7-12-10(13)5-6-11(14)15/h9H,3-8H2,1-2H3,(H,12,13)(H,14,15). The summed E-state index contributed by atoms with van der Waals surface area (Å²) >= 11 is 1.66. The minimum atomic E-state index is -0.945. The van der Waals surface area contributed by atoms with Crippen molar-refractivity contribution < 1.29 is 19.4 Å². The minimum Gasteiger partial charge on any atom is -0.481 e. The van der Waals surface area contributed by atoms with Crippen LogP contribution in [0.25, 0.3) is 0 Å². The van der Waals surface area contributed by atoms with E-state index in [-0.39, 0.29) is 24.2 Å². The van der Waals surface area contributed by atoms with Gasteiger partial charge in [-0.1, -0.05) is 0 Å². The SMILES string of the molecule is CSC(C)OCCCCNC(=O)CCC(=O)O. The van der Waals surface area contributed by atoms with Crippen molar-refractivity contribution >= 4 is 23.6 Å². The molecule has 6 heteroatoms. The number of unbranched alkanes of at least 4 members (excludes halogenated alkanes) is 1. The highest BCUT2D eigenvalue weighted by Crippen LogP contribution is 2.06. The number of carboxylic acids is 1. The second kappa shape index (κ2) is 10.4. The van der Waals surface area contributed by atoms with Crippen LogP contribution in [0.4, 0.5) is 0 Å². The van der Waals surface area contributed by atoms with E-state index in [2.05, 4.69) is 5.32 Å². The van der Waals surface area contributed by atoms with Crippen molar-refractivity contribution in [1.29, 1.82) is 0 Å². The lowest BCUT2D eigenvalue weighted by Crippen LogP contribution is -2.25. The molecule has 0 radical (unpaired) electrons. The first-order chi connectivity index (χ1) is 8.06. The summed E-state index contributed by atoms with van der Waals surface area (Å²) in [4.78, 5) is 21.3. The number of amides is 1. The van der Waals surface area contributed by atoms with Crippen molar-refractivity contribution in [1.82, 2.24) is 5.32 Å². The lowest BCUT2D eigenvalue weighted by atomic mass is 10.3. The quantitative estimate of drug-likeness (QED) is 0.461. The minimum absolute atomic E-state index is 0.0509. The molecule has 0 saturated carbocycles. The van der Waals surface area contributed by atoms with Crippen molar-refractivity contribution in [2.75, 3.05) is 19.4 Å². The third-order valence-corrected chi connectivity index (χ3v) is 2.94. The van der Waals surface area contributed by atoms with Gasteiger partial charge < -0.3 is 15.2 Å². The van der Waals surface area contributed by atoms with Crippen molar-refractivity contribution in [3.05, 3.63) is 0 Å². The summed E-state index contributed by atoms with van der Waals surface area (Å²) < 4.78 is 5.45. The Bertz CT molecular complexity index is 236. The van der Waals surface area contributed by atoms with Crippen molar-refractivity contribution in [2.24, 2.45) is 0 Å². The first kappa shape index (κ1) is 16.2. The van der Waals surface area contributed by atoms with Gasteiger partial charge in [-0.15, -0.1) is 11.8 Å². The van der Waals surface area contributed by atoms with Crippen LogP contribution >= 0.6 is 11.8 Å². The molecule has 100 valence electrons. The van der Waals surface area contributed by atoms with Crippen LogP contribution in [0.3, 0.4) is 0 Å². The number of rotatable bonds is 10. The average Bonchev–Trinajstić information content (AvgIpc) is 2.30. The summed E-state index contributed by atoms with van der Waals surface area (Å²) in [5.41, 5.74) is 0.208. The van der Waals surface area contributed by atoms with Crippen LogP contribution in [0.1, 0.15) is 32.6 Å². The first-order valence-electron chi connectivity index (χ1n) is 5.69. The summed E-state index contributed by atoms with van der Waals surface area (Å²) in [6, 6.07) is 0. The lowest BCUT2D eigenvalue weighted by molar-refractivity contribution is -0.138. The maximum atomic E-state index is 11.1. The van der Waals surface area contributed by atoms with Crippen molar-refractivity contribution in [2.45, 2.75) is 38.0 Å². The Morgan fingerprint density at radius 2 is 2.06 bits per heavy atom. The maximum absolute atomic E-state index is 11.1. The number of thioether (sulfide) groups is 1. The molecule has 0 bridgehead atoms. The topological polar surface area (TPSA) is 75.6 Å². The number of carbonyl (C=O) groups excluding carboxylic acids is 1. The van der Waals surface area contributed by atoms with Crippen molar-refractivity contribution in [3.63, 3.8) is 0 Å². The largest absolute Gasteiger partial charge is 0.481 e.